The molecule has 0 bridgehead atoms. The van der Waals surface area contributed by atoms with Gasteiger partial charge in [0.1, 0.15) is 5.03 Å². The number of hydrogen-bond donors (Lipinski definition) is 1. The second-order valence-corrected chi connectivity index (χ2v) is 5.11. The number of pyridine rings is 1. The first-order valence-corrected chi connectivity index (χ1v) is 6.55. The van der Waals surface area contributed by atoms with Crippen molar-refractivity contribution in [1.82, 2.24) is 4.98 Å². The minimum atomic E-state index is -0.363. The van der Waals surface area contributed by atoms with Crippen LogP contribution in [-0.2, 0) is 4.74 Å². The molecule has 2 N–H and O–H groups in total. The van der Waals surface area contributed by atoms with Crippen LogP contribution in [0.1, 0.15) is 37.6 Å². The molecule has 5 heteroatoms. The van der Waals surface area contributed by atoms with Crippen molar-refractivity contribution in [2.75, 3.05) is 12.3 Å². The monoisotopic (exact) mass is 254 g/mol. The summed E-state index contributed by atoms with van der Waals surface area (Å²) < 4.78 is 4.99. The molecule has 0 aromatic carbocycles. The Bertz CT molecular complexity index is 396. The predicted octanol–water partition coefficient (Wildman–Crippen LogP) is 2.73. The van der Waals surface area contributed by atoms with Crippen LogP contribution in [0.15, 0.2) is 17.3 Å². The fraction of sp³-hybridized carbons (Fsp3) is 0.500. The Morgan fingerprint density at radius 3 is 2.88 bits per heavy atom. The fourth-order valence-electron chi connectivity index (χ4n) is 1.19. The van der Waals surface area contributed by atoms with E-state index in [0.29, 0.717) is 28.1 Å². The van der Waals surface area contributed by atoms with Gasteiger partial charge in [-0.1, -0.05) is 13.8 Å². The van der Waals surface area contributed by atoms with Gasteiger partial charge in [-0.05, 0) is 19.4 Å². The number of nitrogens with two attached hydrogens (primary N) is 1. The number of thioether (sulfide) groups is 1. The van der Waals surface area contributed by atoms with E-state index in [-0.39, 0.29) is 5.97 Å². The highest BCUT2D eigenvalue weighted by atomic mass is 32.2. The maximum absolute atomic E-state index is 11.8. The lowest BCUT2D eigenvalue weighted by atomic mass is 10.2. The van der Waals surface area contributed by atoms with Crippen molar-refractivity contribution in [2.45, 2.75) is 37.5 Å². The van der Waals surface area contributed by atoms with Gasteiger partial charge in [0.15, 0.2) is 0 Å². The zero-order valence-corrected chi connectivity index (χ0v) is 11.2. The van der Waals surface area contributed by atoms with Gasteiger partial charge in [-0.2, -0.15) is 0 Å². The van der Waals surface area contributed by atoms with Gasteiger partial charge in [-0.15, -0.1) is 11.8 Å². The highest BCUT2D eigenvalue weighted by Crippen LogP contribution is 2.27. The third kappa shape index (κ3) is 3.93. The molecule has 1 heterocycles. The topological polar surface area (TPSA) is 65.2 Å². The molecule has 0 saturated carbocycles. The molecule has 0 aliphatic rings. The normalized spacial score (nSPS) is 12.2. The molecule has 0 amide bonds. The molecule has 1 rings (SSSR count). The van der Waals surface area contributed by atoms with Gasteiger partial charge in [-0.3, -0.25) is 0 Å². The minimum Gasteiger partial charge on any atom is -0.462 e. The molecule has 1 aromatic rings. The molecule has 0 aliphatic carbocycles. The van der Waals surface area contributed by atoms with E-state index in [1.165, 1.54) is 0 Å². The van der Waals surface area contributed by atoms with Gasteiger partial charge in [0.25, 0.3) is 0 Å². The number of nitrogen functional groups attached to an aromatic ring is 1. The second-order valence-electron chi connectivity index (χ2n) is 3.68. The number of carbonyl (C=O) groups excluding carboxylic acids is 1. The van der Waals surface area contributed by atoms with Gasteiger partial charge < -0.3 is 10.5 Å². The maximum atomic E-state index is 11.8. The molecule has 1 unspecified atom stereocenters. The quantitative estimate of drug-likeness (QED) is 0.646. The van der Waals surface area contributed by atoms with Crippen LogP contribution < -0.4 is 5.73 Å². The molecule has 0 saturated heterocycles. The van der Waals surface area contributed by atoms with Gasteiger partial charge in [0, 0.05) is 5.25 Å². The van der Waals surface area contributed by atoms with E-state index in [2.05, 4.69) is 18.8 Å². The van der Waals surface area contributed by atoms with Gasteiger partial charge >= 0.3 is 5.97 Å². The Kier molecular flexibility index (Phi) is 5.28. The second kappa shape index (κ2) is 6.49. The lowest BCUT2D eigenvalue weighted by molar-refractivity contribution is 0.0521. The number of nitrogens with zero attached hydrogens (tertiary/aromatic N) is 1. The summed E-state index contributed by atoms with van der Waals surface area (Å²) in [5, 5.41) is 1.09. The maximum Gasteiger partial charge on any atom is 0.340 e. The summed E-state index contributed by atoms with van der Waals surface area (Å²) >= 11 is 1.57. The van der Waals surface area contributed by atoms with Crippen molar-refractivity contribution in [3.8, 4) is 0 Å². The summed E-state index contributed by atoms with van der Waals surface area (Å²) in [4.78, 5) is 16.0. The highest BCUT2D eigenvalue weighted by Gasteiger charge is 2.16. The summed E-state index contributed by atoms with van der Waals surface area (Å²) in [7, 11) is 0. The Morgan fingerprint density at radius 1 is 1.59 bits per heavy atom. The fourth-order valence-corrected chi connectivity index (χ4v) is 2.12. The Labute approximate surface area is 106 Å². The van der Waals surface area contributed by atoms with E-state index in [1.54, 1.807) is 30.9 Å². The van der Waals surface area contributed by atoms with Crippen molar-refractivity contribution >= 4 is 23.4 Å². The molecule has 17 heavy (non-hydrogen) atoms. The average molecular weight is 254 g/mol. The van der Waals surface area contributed by atoms with E-state index >= 15 is 0 Å². The molecular formula is C12H18N2O2S. The summed E-state index contributed by atoms with van der Waals surface area (Å²) in [6.07, 6.45) is 2.58. The third-order valence-corrected chi connectivity index (χ3v) is 3.54. The first-order valence-electron chi connectivity index (χ1n) is 5.67. The SMILES string of the molecule is CCOC(=O)c1cc(N)cnc1SC(C)CC. The van der Waals surface area contributed by atoms with E-state index in [1.807, 2.05) is 0 Å². The van der Waals surface area contributed by atoms with Crippen molar-refractivity contribution in [3.63, 3.8) is 0 Å². The standard InChI is InChI=1S/C12H18N2O2S/c1-4-8(3)17-11-10(12(15)16-5-2)6-9(13)7-14-11/h6-8H,4-5,13H2,1-3H3. The van der Waals surface area contributed by atoms with E-state index < -0.39 is 0 Å². The zero-order valence-electron chi connectivity index (χ0n) is 10.4. The number of rotatable bonds is 5. The van der Waals surface area contributed by atoms with Gasteiger partial charge in [0.2, 0.25) is 0 Å². The molecule has 4 nitrogen and oxygen atoms in total. The van der Waals surface area contributed by atoms with Crippen molar-refractivity contribution < 1.29 is 9.53 Å². The van der Waals surface area contributed by atoms with Crippen LogP contribution in [0.3, 0.4) is 0 Å². The number of carbonyl (C=O) groups is 1. The Balaban J connectivity index is 2.99. The van der Waals surface area contributed by atoms with E-state index in [4.69, 9.17) is 10.5 Å². The summed E-state index contributed by atoms with van der Waals surface area (Å²) in [6, 6.07) is 1.62. The van der Waals surface area contributed by atoms with Gasteiger partial charge in [-0.25, -0.2) is 9.78 Å². The number of aromatic nitrogens is 1. The van der Waals surface area contributed by atoms with Gasteiger partial charge in [0.05, 0.1) is 24.1 Å². The lowest BCUT2D eigenvalue weighted by Gasteiger charge is -2.11. The molecule has 1 atom stereocenters. The van der Waals surface area contributed by atoms with Crippen LogP contribution in [0.4, 0.5) is 5.69 Å². The molecular weight excluding hydrogens is 236 g/mol. The van der Waals surface area contributed by atoms with Crippen LogP contribution in [-0.4, -0.2) is 22.8 Å². The Morgan fingerprint density at radius 2 is 2.29 bits per heavy atom. The highest BCUT2D eigenvalue weighted by molar-refractivity contribution is 7.99. The average Bonchev–Trinajstić information content (AvgIpc) is 2.31. The molecule has 0 spiro atoms. The van der Waals surface area contributed by atoms with E-state index in [0.717, 1.165) is 6.42 Å². The first-order chi connectivity index (χ1) is 8.08. The zero-order chi connectivity index (χ0) is 12.8. The summed E-state index contributed by atoms with van der Waals surface area (Å²) in [5.74, 6) is -0.363. The van der Waals surface area contributed by atoms with Crippen LogP contribution in [0.5, 0.6) is 0 Å². The van der Waals surface area contributed by atoms with Crippen molar-refractivity contribution in [2.24, 2.45) is 0 Å². The minimum absolute atomic E-state index is 0.348. The van der Waals surface area contributed by atoms with Crippen molar-refractivity contribution in [1.29, 1.82) is 0 Å². The van der Waals surface area contributed by atoms with Crippen LogP contribution in [0.25, 0.3) is 0 Å². The summed E-state index contributed by atoms with van der Waals surface area (Å²) in [6.45, 7) is 6.32. The molecule has 0 aliphatic heterocycles. The predicted molar refractivity (Wildman–Crippen MR) is 70.2 cm³/mol. The van der Waals surface area contributed by atoms with Crippen LogP contribution in [0.2, 0.25) is 0 Å². The molecule has 94 valence electrons. The largest absolute Gasteiger partial charge is 0.462 e. The molecule has 0 radical (unpaired) electrons. The third-order valence-electron chi connectivity index (χ3n) is 2.26. The number of ether oxygens (including phenoxy) is 1. The number of anilines is 1. The van der Waals surface area contributed by atoms with Crippen LogP contribution >= 0.6 is 11.8 Å². The smallest absolute Gasteiger partial charge is 0.340 e. The van der Waals surface area contributed by atoms with Crippen molar-refractivity contribution in [3.05, 3.63) is 17.8 Å². The first kappa shape index (κ1) is 13.8. The number of hydrogen-bond acceptors (Lipinski definition) is 5. The van der Waals surface area contributed by atoms with E-state index in [9.17, 15) is 4.79 Å². The lowest BCUT2D eigenvalue weighted by Crippen LogP contribution is -2.09. The molecule has 1 aromatic heterocycles. The molecule has 0 fully saturated rings. The number of esters is 1. The van der Waals surface area contributed by atoms with Crippen LogP contribution in [0, 0.1) is 0 Å². The Hall–Kier alpha value is -1.23. The summed E-state index contributed by atoms with van der Waals surface area (Å²) in [5.41, 5.74) is 6.57.